The summed E-state index contributed by atoms with van der Waals surface area (Å²) >= 11 is 0. The number of benzene rings is 2. The largest absolute Gasteiger partial charge is 0.573 e. The maximum Gasteiger partial charge on any atom is 0.573 e. The molecule has 1 aliphatic rings. The molecule has 1 fully saturated rings. The van der Waals surface area contributed by atoms with Gasteiger partial charge in [-0.25, -0.2) is 0 Å². The lowest BCUT2D eigenvalue weighted by atomic mass is 9.95. The topological polar surface area (TPSA) is 76.6 Å². The summed E-state index contributed by atoms with van der Waals surface area (Å²) < 4.78 is 46.0. The Morgan fingerprint density at radius 2 is 1.71 bits per heavy atom. The van der Waals surface area contributed by atoms with Gasteiger partial charge in [-0.2, -0.15) is 0 Å². The van der Waals surface area contributed by atoms with Crippen molar-refractivity contribution in [3.63, 3.8) is 0 Å². The van der Waals surface area contributed by atoms with Gasteiger partial charge in [-0.1, -0.05) is 12.1 Å². The Hall–Kier alpha value is -3.82. The van der Waals surface area contributed by atoms with E-state index in [1.165, 1.54) is 24.3 Å². The molecule has 1 amide bonds. The molecule has 0 unspecified atom stereocenters. The van der Waals surface area contributed by atoms with Crippen molar-refractivity contribution in [3.05, 3.63) is 60.7 Å². The highest BCUT2D eigenvalue weighted by Crippen LogP contribution is 2.29. The molecule has 0 bridgehead atoms. The highest BCUT2D eigenvalue weighted by molar-refractivity contribution is 5.92. The average molecular weight is 472 g/mol. The van der Waals surface area contributed by atoms with Gasteiger partial charge in [-0.05, 0) is 61.4 Å². The summed E-state index contributed by atoms with van der Waals surface area (Å²) in [4.78, 5) is 14.7. The lowest BCUT2D eigenvalue weighted by molar-refractivity contribution is -0.274. The molecule has 0 atom stereocenters. The van der Waals surface area contributed by atoms with Crippen molar-refractivity contribution >= 4 is 17.4 Å². The molecule has 4 rings (SSSR count). The second-order valence-corrected chi connectivity index (χ2v) is 7.80. The minimum absolute atomic E-state index is 0.165. The van der Waals surface area contributed by atoms with Gasteiger partial charge < -0.3 is 19.7 Å². The summed E-state index contributed by atoms with van der Waals surface area (Å²) in [5.74, 6) is 0.748. The number of rotatable bonds is 6. The molecule has 2 heterocycles. The number of carbonyl (C=O) groups is 1. The number of halogens is 3. The molecule has 0 aliphatic carbocycles. The van der Waals surface area contributed by atoms with Crippen LogP contribution in [-0.2, 0) is 4.79 Å². The number of alkyl halides is 3. The van der Waals surface area contributed by atoms with Gasteiger partial charge in [-0.15, -0.1) is 23.4 Å². The minimum Gasteiger partial charge on any atom is -0.496 e. The van der Waals surface area contributed by atoms with Crippen LogP contribution in [0.5, 0.6) is 11.5 Å². The van der Waals surface area contributed by atoms with Crippen LogP contribution in [-0.4, -0.2) is 42.7 Å². The molecule has 10 heteroatoms. The summed E-state index contributed by atoms with van der Waals surface area (Å²) in [6.45, 7) is 1.28. The fourth-order valence-electron chi connectivity index (χ4n) is 3.85. The van der Waals surface area contributed by atoms with E-state index < -0.39 is 6.36 Å². The van der Waals surface area contributed by atoms with Crippen molar-refractivity contribution in [3.8, 4) is 22.8 Å². The van der Waals surface area contributed by atoms with Gasteiger partial charge in [0.15, 0.2) is 5.82 Å². The van der Waals surface area contributed by atoms with Crippen molar-refractivity contribution in [2.24, 2.45) is 5.92 Å². The van der Waals surface area contributed by atoms with E-state index in [0.717, 1.165) is 17.1 Å². The van der Waals surface area contributed by atoms with E-state index in [9.17, 15) is 18.0 Å². The quantitative estimate of drug-likeness (QED) is 0.550. The van der Waals surface area contributed by atoms with Gasteiger partial charge in [0, 0.05) is 30.3 Å². The Morgan fingerprint density at radius 3 is 2.32 bits per heavy atom. The molecule has 3 aromatic rings. The van der Waals surface area contributed by atoms with Crippen LogP contribution in [0.3, 0.4) is 0 Å². The van der Waals surface area contributed by atoms with E-state index in [-0.39, 0.29) is 17.6 Å². The van der Waals surface area contributed by atoms with Gasteiger partial charge in [0.2, 0.25) is 5.91 Å². The average Bonchev–Trinajstić information content (AvgIpc) is 2.84. The van der Waals surface area contributed by atoms with E-state index in [1.807, 2.05) is 36.4 Å². The normalized spacial score (nSPS) is 14.5. The standard InChI is InChI=1S/C24H23F3N4O3/c1-33-21-5-3-2-4-19(21)20-10-11-22(30-29-20)31-14-12-16(13-15-31)23(32)28-17-6-8-18(9-7-17)34-24(25,26)27/h2-11,16H,12-15H2,1H3,(H,28,32). The maximum atomic E-state index is 12.6. The summed E-state index contributed by atoms with van der Waals surface area (Å²) in [7, 11) is 1.61. The minimum atomic E-state index is -4.75. The number of ether oxygens (including phenoxy) is 2. The lowest BCUT2D eigenvalue weighted by Gasteiger charge is -2.31. The SMILES string of the molecule is COc1ccccc1-c1ccc(N2CCC(C(=O)Nc3ccc(OC(F)(F)F)cc3)CC2)nn1. The zero-order chi connectivity index (χ0) is 24.1. The zero-order valence-corrected chi connectivity index (χ0v) is 18.4. The van der Waals surface area contributed by atoms with Crippen LogP contribution in [0, 0.1) is 5.92 Å². The summed E-state index contributed by atoms with van der Waals surface area (Å²) in [5, 5.41) is 11.5. The highest BCUT2D eigenvalue weighted by atomic mass is 19.4. The van der Waals surface area contributed by atoms with Crippen molar-refractivity contribution < 1.29 is 27.4 Å². The van der Waals surface area contributed by atoms with Crippen molar-refractivity contribution in [2.45, 2.75) is 19.2 Å². The fraction of sp³-hybridized carbons (Fsp3) is 0.292. The number of anilines is 2. The smallest absolute Gasteiger partial charge is 0.496 e. The molecule has 178 valence electrons. The number of aromatic nitrogens is 2. The molecule has 0 radical (unpaired) electrons. The first-order valence-electron chi connectivity index (χ1n) is 10.7. The first-order valence-corrected chi connectivity index (χ1v) is 10.7. The van der Waals surface area contributed by atoms with Crippen molar-refractivity contribution in [2.75, 3.05) is 30.4 Å². The third-order valence-electron chi connectivity index (χ3n) is 5.58. The van der Waals surface area contributed by atoms with Gasteiger partial charge in [0.05, 0.1) is 12.8 Å². The van der Waals surface area contributed by atoms with Crippen LogP contribution in [0.1, 0.15) is 12.8 Å². The number of carbonyl (C=O) groups excluding carboxylic acids is 1. The third kappa shape index (κ3) is 5.75. The molecule has 7 nitrogen and oxygen atoms in total. The summed E-state index contributed by atoms with van der Waals surface area (Å²) in [6.07, 6.45) is -3.51. The number of hydrogen-bond donors (Lipinski definition) is 1. The first-order chi connectivity index (χ1) is 16.3. The summed E-state index contributed by atoms with van der Waals surface area (Å²) in [6, 6.07) is 16.5. The van der Waals surface area contributed by atoms with Crippen LogP contribution in [0.2, 0.25) is 0 Å². The number of nitrogens with zero attached hydrogens (tertiary/aromatic N) is 3. The van der Waals surface area contributed by atoms with Crippen molar-refractivity contribution in [1.29, 1.82) is 0 Å². The van der Waals surface area contributed by atoms with Gasteiger partial charge >= 0.3 is 6.36 Å². The fourth-order valence-corrected chi connectivity index (χ4v) is 3.85. The Balaban J connectivity index is 1.31. The molecular weight excluding hydrogens is 449 g/mol. The van der Waals surface area contributed by atoms with Crippen LogP contribution >= 0.6 is 0 Å². The van der Waals surface area contributed by atoms with Crippen LogP contribution < -0.4 is 19.7 Å². The number of amides is 1. The second kappa shape index (κ2) is 9.98. The first kappa shape index (κ1) is 23.3. The van der Waals surface area contributed by atoms with Gasteiger partial charge in [0.25, 0.3) is 0 Å². The molecular formula is C24H23F3N4O3. The van der Waals surface area contributed by atoms with E-state index in [2.05, 4.69) is 25.2 Å². The molecule has 2 aromatic carbocycles. The lowest BCUT2D eigenvalue weighted by Crippen LogP contribution is -2.38. The number of para-hydroxylation sites is 1. The van der Waals surface area contributed by atoms with Crippen molar-refractivity contribution in [1.82, 2.24) is 10.2 Å². The van der Waals surface area contributed by atoms with E-state index in [4.69, 9.17) is 4.74 Å². The Kier molecular flexibility index (Phi) is 6.85. The predicted octanol–water partition coefficient (Wildman–Crippen LogP) is 4.91. The van der Waals surface area contributed by atoms with Crippen LogP contribution in [0.15, 0.2) is 60.7 Å². The predicted molar refractivity (Wildman–Crippen MR) is 121 cm³/mol. The van der Waals surface area contributed by atoms with Gasteiger partial charge in [0.1, 0.15) is 11.5 Å². The van der Waals surface area contributed by atoms with E-state index in [1.54, 1.807) is 7.11 Å². The molecule has 1 saturated heterocycles. The molecule has 1 aliphatic heterocycles. The van der Waals surface area contributed by atoms with E-state index in [0.29, 0.717) is 37.3 Å². The number of hydrogen-bond acceptors (Lipinski definition) is 6. The second-order valence-electron chi connectivity index (χ2n) is 7.80. The van der Waals surface area contributed by atoms with Crippen LogP contribution in [0.25, 0.3) is 11.3 Å². The number of methoxy groups -OCH3 is 1. The molecule has 0 spiro atoms. The monoisotopic (exact) mass is 472 g/mol. The zero-order valence-electron chi connectivity index (χ0n) is 18.4. The van der Waals surface area contributed by atoms with Gasteiger partial charge in [-0.3, -0.25) is 4.79 Å². The molecule has 1 N–H and O–H groups in total. The maximum absolute atomic E-state index is 12.6. The van der Waals surface area contributed by atoms with Crippen LogP contribution in [0.4, 0.5) is 24.7 Å². The molecule has 1 aromatic heterocycles. The molecule has 0 saturated carbocycles. The Bertz CT molecular complexity index is 1110. The Morgan fingerprint density at radius 1 is 1.00 bits per heavy atom. The number of nitrogens with one attached hydrogen (secondary N) is 1. The molecule has 34 heavy (non-hydrogen) atoms. The Labute approximate surface area is 194 Å². The third-order valence-corrected chi connectivity index (χ3v) is 5.58. The highest BCUT2D eigenvalue weighted by Gasteiger charge is 2.31. The van der Waals surface area contributed by atoms with E-state index >= 15 is 0 Å². The summed E-state index contributed by atoms with van der Waals surface area (Å²) in [5.41, 5.74) is 1.99. The number of piperidine rings is 1.